The minimum Gasteiger partial charge on any atom is -0.497 e. The smallest absolute Gasteiger partial charge is 0.119 e. The molecule has 2 rings (SSSR count). The fourth-order valence-electron chi connectivity index (χ4n) is 1.94. The average molecular weight is 233 g/mol. The highest BCUT2D eigenvalue weighted by Crippen LogP contribution is 2.21. The van der Waals surface area contributed by atoms with Crippen LogP contribution in [0, 0.1) is 0 Å². The number of nitrogens with one attached hydrogen (secondary N) is 1. The molecule has 1 aromatic carbocycles. The van der Waals surface area contributed by atoms with E-state index in [4.69, 9.17) is 9.47 Å². The molecule has 3 heteroatoms. The molecule has 0 aliphatic heterocycles. The second kappa shape index (κ2) is 5.73. The fourth-order valence-corrected chi connectivity index (χ4v) is 1.94. The number of methoxy groups -OCH3 is 1. The summed E-state index contributed by atoms with van der Waals surface area (Å²) in [4.78, 5) is 3.41. The second-order valence-corrected chi connectivity index (χ2v) is 4.05. The number of aryl methyl sites for hydroxylation is 1. The van der Waals surface area contributed by atoms with Crippen LogP contribution in [0.2, 0.25) is 0 Å². The van der Waals surface area contributed by atoms with Crippen LogP contribution in [-0.4, -0.2) is 25.3 Å². The normalized spacial score (nSPS) is 10.9. The molecule has 0 amide bonds. The lowest BCUT2D eigenvalue weighted by molar-refractivity contribution is 0.145. The van der Waals surface area contributed by atoms with Gasteiger partial charge >= 0.3 is 0 Å². The van der Waals surface area contributed by atoms with Gasteiger partial charge in [0.25, 0.3) is 0 Å². The summed E-state index contributed by atoms with van der Waals surface area (Å²) >= 11 is 0. The van der Waals surface area contributed by atoms with E-state index in [1.165, 1.54) is 11.1 Å². The number of rotatable bonds is 6. The van der Waals surface area contributed by atoms with Crippen molar-refractivity contribution in [1.29, 1.82) is 0 Å². The monoisotopic (exact) mass is 233 g/mol. The molecule has 0 saturated heterocycles. The number of hydrogen-bond acceptors (Lipinski definition) is 2. The molecule has 0 spiro atoms. The second-order valence-electron chi connectivity index (χ2n) is 4.05. The first-order valence-electron chi connectivity index (χ1n) is 6.07. The van der Waals surface area contributed by atoms with Crippen LogP contribution < -0.4 is 4.74 Å². The molecule has 17 heavy (non-hydrogen) atoms. The molecule has 0 unspecified atom stereocenters. The highest BCUT2D eigenvalue weighted by molar-refractivity contribution is 5.81. The third-order valence-electron chi connectivity index (χ3n) is 2.82. The Hall–Kier alpha value is -1.48. The van der Waals surface area contributed by atoms with E-state index in [-0.39, 0.29) is 0 Å². The van der Waals surface area contributed by atoms with Gasteiger partial charge in [0, 0.05) is 29.8 Å². The van der Waals surface area contributed by atoms with Crippen molar-refractivity contribution in [3.05, 3.63) is 30.0 Å². The zero-order valence-electron chi connectivity index (χ0n) is 10.5. The van der Waals surface area contributed by atoms with E-state index < -0.39 is 0 Å². The van der Waals surface area contributed by atoms with E-state index in [0.717, 1.165) is 37.3 Å². The van der Waals surface area contributed by atoms with Gasteiger partial charge in [-0.15, -0.1) is 0 Å². The van der Waals surface area contributed by atoms with Gasteiger partial charge in [0.05, 0.1) is 7.11 Å². The molecule has 0 fully saturated rings. The van der Waals surface area contributed by atoms with E-state index in [2.05, 4.69) is 23.2 Å². The van der Waals surface area contributed by atoms with E-state index >= 15 is 0 Å². The van der Waals surface area contributed by atoms with Crippen molar-refractivity contribution < 1.29 is 9.47 Å². The lowest BCUT2D eigenvalue weighted by Gasteiger charge is -1.99. The van der Waals surface area contributed by atoms with Gasteiger partial charge < -0.3 is 14.5 Å². The third-order valence-corrected chi connectivity index (χ3v) is 2.82. The van der Waals surface area contributed by atoms with Gasteiger partial charge in [0.15, 0.2) is 0 Å². The van der Waals surface area contributed by atoms with Gasteiger partial charge in [-0.3, -0.25) is 0 Å². The SMILES string of the molecule is CCOCCCc1cc2cc(OC)ccc2[nH]1. The largest absolute Gasteiger partial charge is 0.497 e. The van der Waals surface area contributed by atoms with Gasteiger partial charge in [0.2, 0.25) is 0 Å². The van der Waals surface area contributed by atoms with Gasteiger partial charge in [-0.05, 0) is 44.0 Å². The van der Waals surface area contributed by atoms with Crippen molar-refractivity contribution in [2.75, 3.05) is 20.3 Å². The first-order chi connectivity index (χ1) is 8.33. The van der Waals surface area contributed by atoms with E-state index in [1.807, 2.05) is 13.0 Å². The summed E-state index contributed by atoms with van der Waals surface area (Å²) in [5.74, 6) is 0.900. The Morgan fingerprint density at radius 3 is 2.88 bits per heavy atom. The van der Waals surface area contributed by atoms with Gasteiger partial charge in [0.1, 0.15) is 5.75 Å². The summed E-state index contributed by atoms with van der Waals surface area (Å²) in [6.07, 6.45) is 2.08. The molecule has 0 aliphatic rings. The van der Waals surface area contributed by atoms with E-state index in [9.17, 15) is 0 Å². The van der Waals surface area contributed by atoms with Crippen LogP contribution in [0.1, 0.15) is 19.0 Å². The summed E-state index contributed by atoms with van der Waals surface area (Å²) in [6.45, 7) is 3.65. The maximum Gasteiger partial charge on any atom is 0.119 e. The summed E-state index contributed by atoms with van der Waals surface area (Å²) in [6, 6.07) is 8.27. The van der Waals surface area contributed by atoms with Crippen LogP contribution in [-0.2, 0) is 11.2 Å². The van der Waals surface area contributed by atoms with Crippen LogP contribution in [0.15, 0.2) is 24.3 Å². The number of fused-ring (bicyclic) bond motifs is 1. The Morgan fingerprint density at radius 2 is 2.12 bits per heavy atom. The Morgan fingerprint density at radius 1 is 1.24 bits per heavy atom. The zero-order chi connectivity index (χ0) is 12.1. The lowest BCUT2D eigenvalue weighted by atomic mass is 10.2. The molecule has 92 valence electrons. The number of aromatic nitrogens is 1. The van der Waals surface area contributed by atoms with Gasteiger partial charge in [-0.25, -0.2) is 0 Å². The summed E-state index contributed by atoms with van der Waals surface area (Å²) in [5.41, 5.74) is 2.42. The van der Waals surface area contributed by atoms with Crippen LogP contribution in [0.4, 0.5) is 0 Å². The van der Waals surface area contributed by atoms with Crippen LogP contribution in [0.25, 0.3) is 10.9 Å². The van der Waals surface area contributed by atoms with Crippen LogP contribution in [0.3, 0.4) is 0 Å². The first-order valence-corrected chi connectivity index (χ1v) is 6.07. The number of H-pyrrole nitrogens is 1. The molecule has 0 radical (unpaired) electrons. The molecule has 2 aromatic rings. The van der Waals surface area contributed by atoms with Crippen molar-refractivity contribution in [3.8, 4) is 5.75 Å². The Kier molecular flexibility index (Phi) is 4.04. The van der Waals surface area contributed by atoms with Gasteiger partial charge in [-0.2, -0.15) is 0 Å². The molecule has 1 aromatic heterocycles. The summed E-state index contributed by atoms with van der Waals surface area (Å²) < 4.78 is 10.5. The van der Waals surface area contributed by atoms with Crippen LogP contribution in [0.5, 0.6) is 5.75 Å². The fraction of sp³-hybridized carbons (Fsp3) is 0.429. The quantitative estimate of drug-likeness (QED) is 0.778. The lowest BCUT2D eigenvalue weighted by Crippen LogP contribution is -1.95. The molecular weight excluding hydrogens is 214 g/mol. The molecule has 1 heterocycles. The topological polar surface area (TPSA) is 34.2 Å². The number of ether oxygens (including phenoxy) is 2. The van der Waals surface area contributed by atoms with Crippen molar-refractivity contribution in [2.45, 2.75) is 19.8 Å². The van der Waals surface area contributed by atoms with Crippen molar-refractivity contribution >= 4 is 10.9 Å². The number of hydrogen-bond donors (Lipinski definition) is 1. The van der Waals surface area contributed by atoms with Crippen LogP contribution >= 0.6 is 0 Å². The number of aromatic amines is 1. The Labute approximate surface area is 102 Å². The van der Waals surface area contributed by atoms with E-state index in [1.54, 1.807) is 7.11 Å². The molecule has 0 bridgehead atoms. The van der Waals surface area contributed by atoms with Crippen molar-refractivity contribution in [2.24, 2.45) is 0 Å². The Balaban J connectivity index is 2.04. The third kappa shape index (κ3) is 3.01. The molecular formula is C14H19NO2. The summed E-state index contributed by atoms with van der Waals surface area (Å²) in [7, 11) is 1.69. The van der Waals surface area contributed by atoms with Crippen molar-refractivity contribution in [3.63, 3.8) is 0 Å². The highest BCUT2D eigenvalue weighted by atomic mass is 16.5. The minimum atomic E-state index is 0.796. The maximum absolute atomic E-state index is 5.33. The summed E-state index contributed by atoms with van der Waals surface area (Å²) in [5, 5.41) is 1.20. The molecule has 3 nitrogen and oxygen atoms in total. The molecule has 0 saturated carbocycles. The van der Waals surface area contributed by atoms with Gasteiger partial charge in [-0.1, -0.05) is 0 Å². The molecule has 0 aliphatic carbocycles. The average Bonchev–Trinajstić information content (AvgIpc) is 2.76. The highest BCUT2D eigenvalue weighted by Gasteiger charge is 2.02. The predicted molar refractivity (Wildman–Crippen MR) is 69.7 cm³/mol. The van der Waals surface area contributed by atoms with Crippen molar-refractivity contribution in [1.82, 2.24) is 4.98 Å². The zero-order valence-corrected chi connectivity index (χ0v) is 10.5. The minimum absolute atomic E-state index is 0.796. The predicted octanol–water partition coefficient (Wildman–Crippen LogP) is 3.15. The maximum atomic E-state index is 5.33. The standard InChI is InChI=1S/C14H19NO2/c1-3-17-8-4-5-12-9-11-10-13(16-2)6-7-14(11)15-12/h6-7,9-10,15H,3-5,8H2,1-2H3. The Bertz CT molecular complexity index is 476. The molecule has 1 N–H and O–H groups in total. The molecule has 0 atom stereocenters. The van der Waals surface area contributed by atoms with E-state index in [0.29, 0.717) is 0 Å². The first kappa shape index (κ1) is 12.0. The number of benzene rings is 1.